The van der Waals surface area contributed by atoms with Gasteiger partial charge in [0.05, 0.1) is 24.1 Å². The number of nitrogens with zero attached hydrogens (tertiary/aromatic N) is 2. The Morgan fingerprint density at radius 3 is 3.12 bits per heavy atom. The summed E-state index contributed by atoms with van der Waals surface area (Å²) in [5.41, 5.74) is 0.826. The Balaban J connectivity index is 1.70. The topological polar surface area (TPSA) is 98.3 Å². The van der Waals surface area contributed by atoms with Gasteiger partial charge in [0.2, 0.25) is 11.8 Å². The number of hydrogen-bond acceptors (Lipinski definition) is 5. The van der Waals surface area contributed by atoms with E-state index in [9.17, 15) is 14.7 Å². The molecular weight excluding hydrogens is 420 g/mol. The SMILES string of the molecule is CSCC[C@H](CO)NC(=O)[C@@H]1CC(=O)N(c2n[nH]c3cc(Br)ccc23)C1. The lowest BCUT2D eigenvalue weighted by Crippen LogP contribution is -2.42. The lowest BCUT2D eigenvalue weighted by atomic mass is 10.1. The summed E-state index contributed by atoms with van der Waals surface area (Å²) in [6, 6.07) is 5.41. The Hall–Kier alpha value is -1.58. The fraction of sp³-hybridized carbons (Fsp3) is 0.471. The first-order valence-electron chi connectivity index (χ1n) is 8.37. The number of fused-ring (bicyclic) bond motifs is 1. The number of anilines is 1. The van der Waals surface area contributed by atoms with Crippen molar-refractivity contribution in [1.82, 2.24) is 15.5 Å². The lowest BCUT2D eigenvalue weighted by molar-refractivity contribution is -0.127. The monoisotopic (exact) mass is 440 g/mol. The molecule has 2 atom stereocenters. The molecule has 1 aliphatic heterocycles. The van der Waals surface area contributed by atoms with Gasteiger partial charge in [-0.3, -0.25) is 19.6 Å². The molecular formula is C17H21BrN4O3S. The van der Waals surface area contributed by atoms with Crippen molar-refractivity contribution in [2.24, 2.45) is 5.92 Å². The number of carbonyl (C=O) groups is 2. The normalized spacial score (nSPS) is 18.5. The number of carbonyl (C=O) groups excluding carboxylic acids is 2. The number of aliphatic hydroxyl groups is 1. The number of amides is 2. The van der Waals surface area contributed by atoms with Crippen molar-refractivity contribution >= 4 is 56.2 Å². The van der Waals surface area contributed by atoms with E-state index < -0.39 is 5.92 Å². The molecule has 1 aliphatic rings. The predicted octanol–water partition coefficient (Wildman–Crippen LogP) is 1.91. The number of aromatic nitrogens is 2. The number of hydrogen-bond donors (Lipinski definition) is 3. The van der Waals surface area contributed by atoms with Crippen molar-refractivity contribution in [1.29, 1.82) is 0 Å². The quantitative estimate of drug-likeness (QED) is 0.610. The summed E-state index contributed by atoms with van der Waals surface area (Å²) in [6.07, 6.45) is 2.83. The Morgan fingerprint density at radius 1 is 1.58 bits per heavy atom. The molecule has 0 radical (unpaired) electrons. The zero-order valence-corrected chi connectivity index (χ0v) is 16.8. The summed E-state index contributed by atoms with van der Waals surface area (Å²) in [7, 11) is 0. The Labute approximate surface area is 164 Å². The van der Waals surface area contributed by atoms with Gasteiger partial charge in [-0.05, 0) is 36.6 Å². The van der Waals surface area contributed by atoms with Crippen molar-refractivity contribution < 1.29 is 14.7 Å². The number of H-pyrrole nitrogens is 1. The smallest absolute Gasteiger partial charge is 0.229 e. The molecule has 9 heteroatoms. The minimum Gasteiger partial charge on any atom is -0.394 e. The zero-order valence-electron chi connectivity index (χ0n) is 14.4. The van der Waals surface area contributed by atoms with Crippen molar-refractivity contribution in [2.75, 3.05) is 30.1 Å². The molecule has 26 heavy (non-hydrogen) atoms. The average molecular weight is 441 g/mol. The highest BCUT2D eigenvalue weighted by Crippen LogP contribution is 2.31. The lowest BCUT2D eigenvalue weighted by Gasteiger charge is -2.18. The van der Waals surface area contributed by atoms with Gasteiger partial charge in [0.25, 0.3) is 0 Å². The van der Waals surface area contributed by atoms with E-state index in [2.05, 4.69) is 31.4 Å². The molecule has 7 nitrogen and oxygen atoms in total. The number of benzene rings is 1. The number of thioether (sulfide) groups is 1. The van der Waals surface area contributed by atoms with Crippen LogP contribution in [-0.2, 0) is 9.59 Å². The predicted molar refractivity (Wildman–Crippen MR) is 106 cm³/mol. The average Bonchev–Trinajstić information content (AvgIpc) is 3.21. The summed E-state index contributed by atoms with van der Waals surface area (Å²) < 4.78 is 0.922. The summed E-state index contributed by atoms with van der Waals surface area (Å²) in [5.74, 6) is 0.660. The third-order valence-electron chi connectivity index (χ3n) is 4.49. The summed E-state index contributed by atoms with van der Waals surface area (Å²) in [4.78, 5) is 26.5. The first kappa shape index (κ1) is 19.2. The van der Waals surface area contributed by atoms with Gasteiger partial charge in [-0.1, -0.05) is 15.9 Å². The Morgan fingerprint density at radius 2 is 2.38 bits per heavy atom. The van der Waals surface area contributed by atoms with Crippen molar-refractivity contribution in [3.05, 3.63) is 22.7 Å². The van der Waals surface area contributed by atoms with E-state index in [1.807, 2.05) is 24.5 Å². The second-order valence-electron chi connectivity index (χ2n) is 6.31. The van der Waals surface area contributed by atoms with Gasteiger partial charge in [-0.2, -0.15) is 16.9 Å². The maximum Gasteiger partial charge on any atom is 0.229 e. The van der Waals surface area contributed by atoms with E-state index in [0.29, 0.717) is 18.8 Å². The van der Waals surface area contributed by atoms with Crippen LogP contribution in [0.2, 0.25) is 0 Å². The van der Waals surface area contributed by atoms with Crippen LogP contribution in [-0.4, -0.2) is 58.3 Å². The summed E-state index contributed by atoms with van der Waals surface area (Å²) in [6.45, 7) is 0.191. The van der Waals surface area contributed by atoms with E-state index in [0.717, 1.165) is 21.1 Å². The maximum absolute atomic E-state index is 12.5. The van der Waals surface area contributed by atoms with Gasteiger partial charge >= 0.3 is 0 Å². The number of aliphatic hydroxyl groups excluding tert-OH is 1. The first-order chi connectivity index (χ1) is 12.5. The van der Waals surface area contributed by atoms with Crippen LogP contribution < -0.4 is 10.2 Å². The van der Waals surface area contributed by atoms with Crippen LogP contribution in [0.1, 0.15) is 12.8 Å². The van der Waals surface area contributed by atoms with Crippen LogP contribution in [0.3, 0.4) is 0 Å². The standard InChI is InChI=1S/C17H21BrN4O3S/c1-26-5-4-12(9-23)19-17(25)10-6-15(24)22(8-10)16-13-3-2-11(18)7-14(13)20-21-16/h2-3,7,10,12,23H,4-6,8-9H2,1H3,(H,19,25)(H,20,21)/t10-,12-/m1/s1. The fourth-order valence-corrected chi connectivity index (χ4v) is 3.94. The molecule has 1 aromatic heterocycles. The van der Waals surface area contributed by atoms with E-state index >= 15 is 0 Å². The summed E-state index contributed by atoms with van der Waals surface area (Å²) in [5, 5.41) is 20.3. The third kappa shape index (κ3) is 4.05. The molecule has 140 valence electrons. The van der Waals surface area contributed by atoms with Crippen molar-refractivity contribution in [2.45, 2.75) is 18.9 Å². The van der Waals surface area contributed by atoms with Crippen molar-refractivity contribution in [3.63, 3.8) is 0 Å². The molecule has 0 unspecified atom stereocenters. The number of rotatable bonds is 7. The molecule has 3 rings (SSSR count). The van der Waals surface area contributed by atoms with Crippen LogP contribution >= 0.6 is 27.7 Å². The second kappa shape index (κ2) is 8.41. The molecule has 1 aromatic carbocycles. The molecule has 2 amide bonds. The zero-order chi connectivity index (χ0) is 18.7. The van der Waals surface area contributed by atoms with Gasteiger partial charge in [0.15, 0.2) is 5.82 Å². The molecule has 2 heterocycles. The summed E-state index contributed by atoms with van der Waals surface area (Å²) >= 11 is 5.08. The molecule has 0 spiro atoms. The van der Waals surface area contributed by atoms with E-state index in [1.54, 1.807) is 16.7 Å². The highest BCUT2D eigenvalue weighted by Gasteiger charge is 2.37. The van der Waals surface area contributed by atoms with Crippen molar-refractivity contribution in [3.8, 4) is 0 Å². The van der Waals surface area contributed by atoms with Gasteiger partial charge in [0, 0.05) is 22.8 Å². The van der Waals surface area contributed by atoms with Crippen LogP contribution in [0, 0.1) is 5.92 Å². The molecule has 0 bridgehead atoms. The number of halogens is 1. The van der Waals surface area contributed by atoms with E-state index in [1.165, 1.54) is 0 Å². The maximum atomic E-state index is 12.5. The van der Waals surface area contributed by atoms with Gasteiger partial charge in [-0.25, -0.2) is 0 Å². The van der Waals surface area contributed by atoms with Gasteiger partial charge in [-0.15, -0.1) is 0 Å². The van der Waals surface area contributed by atoms with Crippen LogP contribution in [0.5, 0.6) is 0 Å². The Kier molecular flexibility index (Phi) is 6.20. The van der Waals surface area contributed by atoms with Gasteiger partial charge in [0.1, 0.15) is 0 Å². The van der Waals surface area contributed by atoms with Crippen LogP contribution in [0.15, 0.2) is 22.7 Å². The Bertz CT molecular complexity index is 812. The first-order valence-corrected chi connectivity index (χ1v) is 10.6. The largest absolute Gasteiger partial charge is 0.394 e. The second-order valence-corrected chi connectivity index (χ2v) is 8.21. The van der Waals surface area contributed by atoms with Crippen LogP contribution in [0.25, 0.3) is 10.9 Å². The molecule has 1 fully saturated rings. The minimum absolute atomic E-state index is 0.102. The molecule has 1 saturated heterocycles. The minimum atomic E-state index is -0.437. The fourth-order valence-electron chi connectivity index (χ4n) is 3.06. The highest BCUT2D eigenvalue weighted by molar-refractivity contribution is 9.10. The number of nitrogens with one attached hydrogen (secondary N) is 2. The molecule has 0 aliphatic carbocycles. The van der Waals surface area contributed by atoms with E-state index in [4.69, 9.17) is 0 Å². The van der Waals surface area contributed by atoms with Crippen LogP contribution in [0.4, 0.5) is 5.82 Å². The third-order valence-corrected chi connectivity index (χ3v) is 5.63. The highest BCUT2D eigenvalue weighted by atomic mass is 79.9. The van der Waals surface area contributed by atoms with E-state index in [-0.39, 0.29) is 30.9 Å². The molecule has 2 aromatic rings. The molecule has 0 saturated carbocycles. The number of aromatic amines is 1. The molecule has 3 N–H and O–H groups in total. The van der Waals surface area contributed by atoms with Gasteiger partial charge < -0.3 is 10.4 Å².